The minimum Gasteiger partial charge on any atom is -0.462 e. The SMILES string of the molecule is CC/C=C\C/C=C\C/C=C\C/C=C\CCCCCCCCCCC(=O)OC(COC(=O)CCCCCCC/C=C\CCCCC)COC(=O)CCCCCCCCCCCC/C=C\C/C=C\C/C=C\CCCCCCC. The van der Waals surface area contributed by atoms with Crippen molar-refractivity contribution in [1.82, 2.24) is 0 Å². The van der Waals surface area contributed by atoms with Crippen LogP contribution in [0.5, 0.6) is 0 Å². The lowest BCUT2D eigenvalue weighted by molar-refractivity contribution is -0.167. The second kappa shape index (κ2) is 63.9. The number of carbonyl (C=O) groups is 3. The van der Waals surface area contributed by atoms with E-state index in [0.717, 1.165) is 109 Å². The molecule has 0 N–H and O–H groups in total. The minimum absolute atomic E-state index is 0.0851. The van der Waals surface area contributed by atoms with E-state index in [1.807, 2.05) is 0 Å². The highest BCUT2D eigenvalue weighted by Gasteiger charge is 2.19. The van der Waals surface area contributed by atoms with E-state index in [9.17, 15) is 14.4 Å². The van der Waals surface area contributed by atoms with Gasteiger partial charge < -0.3 is 14.2 Å². The first-order valence-corrected chi connectivity index (χ1v) is 32.2. The maximum atomic E-state index is 12.9. The molecule has 0 aliphatic heterocycles. The molecule has 0 rings (SSSR count). The van der Waals surface area contributed by atoms with Gasteiger partial charge in [-0.2, -0.15) is 0 Å². The lowest BCUT2D eigenvalue weighted by Crippen LogP contribution is -2.30. The van der Waals surface area contributed by atoms with E-state index < -0.39 is 6.10 Å². The molecule has 0 aliphatic carbocycles. The maximum absolute atomic E-state index is 12.9. The zero-order valence-corrected chi connectivity index (χ0v) is 50.0. The number of allylic oxidation sites excluding steroid dienone is 16. The van der Waals surface area contributed by atoms with Crippen LogP contribution in [0.2, 0.25) is 0 Å². The minimum atomic E-state index is -0.789. The first kappa shape index (κ1) is 72.3. The second-order valence-corrected chi connectivity index (χ2v) is 21.3. The van der Waals surface area contributed by atoms with Crippen LogP contribution in [0.15, 0.2) is 97.2 Å². The highest BCUT2D eigenvalue weighted by molar-refractivity contribution is 5.71. The van der Waals surface area contributed by atoms with Crippen molar-refractivity contribution in [3.8, 4) is 0 Å². The van der Waals surface area contributed by atoms with Gasteiger partial charge in [0.2, 0.25) is 0 Å². The van der Waals surface area contributed by atoms with E-state index in [1.165, 1.54) is 161 Å². The molecule has 6 heteroatoms. The number of carbonyl (C=O) groups excluding carboxylic acids is 3. The number of unbranched alkanes of at least 4 members (excludes halogenated alkanes) is 31. The number of esters is 3. The third-order valence-corrected chi connectivity index (χ3v) is 13.8. The number of hydrogen-bond acceptors (Lipinski definition) is 6. The normalized spacial score (nSPS) is 12.7. The molecular formula is C70H120O6. The Morgan fingerprint density at radius 3 is 0.842 bits per heavy atom. The summed E-state index contributed by atoms with van der Waals surface area (Å²) in [5, 5.41) is 0. The average Bonchev–Trinajstić information content (AvgIpc) is 3.42. The van der Waals surface area contributed by atoms with E-state index in [1.54, 1.807) is 0 Å². The van der Waals surface area contributed by atoms with Crippen molar-refractivity contribution in [2.45, 2.75) is 316 Å². The Balaban J connectivity index is 4.32. The van der Waals surface area contributed by atoms with Crippen LogP contribution in [0, 0.1) is 0 Å². The average molecular weight is 1060 g/mol. The van der Waals surface area contributed by atoms with E-state index in [0.29, 0.717) is 19.3 Å². The fourth-order valence-corrected chi connectivity index (χ4v) is 8.97. The lowest BCUT2D eigenvalue weighted by Gasteiger charge is -2.18. The van der Waals surface area contributed by atoms with Crippen molar-refractivity contribution < 1.29 is 28.6 Å². The quantitative estimate of drug-likeness (QED) is 0.0261. The van der Waals surface area contributed by atoms with Crippen LogP contribution in [0.1, 0.15) is 310 Å². The predicted octanol–water partition coefficient (Wildman–Crippen LogP) is 22.0. The summed E-state index contributed by atoms with van der Waals surface area (Å²) in [5.74, 6) is -0.898. The van der Waals surface area contributed by atoms with Crippen molar-refractivity contribution in [3.63, 3.8) is 0 Å². The van der Waals surface area contributed by atoms with Crippen LogP contribution < -0.4 is 0 Å². The largest absolute Gasteiger partial charge is 0.462 e. The smallest absolute Gasteiger partial charge is 0.306 e. The third-order valence-electron chi connectivity index (χ3n) is 13.8. The fourth-order valence-electron chi connectivity index (χ4n) is 8.97. The molecule has 6 nitrogen and oxygen atoms in total. The fraction of sp³-hybridized carbons (Fsp3) is 0.729. The Labute approximate surface area is 470 Å². The number of rotatable bonds is 58. The molecule has 1 atom stereocenters. The Hall–Kier alpha value is -3.67. The molecule has 0 bridgehead atoms. The zero-order chi connectivity index (χ0) is 55.0. The molecule has 0 aromatic heterocycles. The van der Waals surface area contributed by atoms with E-state index in [2.05, 4.69) is 118 Å². The molecule has 0 saturated carbocycles. The highest BCUT2D eigenvalue weighted by Crippen LogP contribution is 2.16. The summed E-state index contributed by atoms with van der Waals surface area (Å²) in [7, 11) is 0. The predicted molar refractivity (Wildman–Crippen MR) is 330 cm³/mol. The van der Waals surface area contributed by atoms with E-state index in [-0.39, 0.29) is 31.1 Å². The van der Waals surface area contributed by atoms with Crippen LogP contribution in [0.4, 0.5) is 0 Å². The van der Waals surface area contributed by atoms with Crippen LogP contribution in [0.25, 0.3) is 0 Å². The third kappa shape index (κ3) is 61.2. The molecule has 0 spiro atoms. The van der Waals surface area contributed by atoms with Gasteiger partial charge in [-0.25, -0.2) is 0 Å². The monoisotopic (exact) mass is 1060 g/mol. The summed E-state index contributed by atoms with van der Waals surface area (Å²) < 4.78 is 16.9. The molecule has 0 amide bonds. The van der Waals surface area contributed by atoms with Gasteiger partial charge in [-0.3, -0.25) is 14.4 Å². The summed E-state index contributed by atoms with van der Waals surface area (Å²) in [6.07, 6.45) is 85.5. The number of hydrogen-bond donors (Lipinski definition) is 0. The first-order valence-electron chi connectivity index (χ1n) is 32.2. The van der Waals surface area contributed by atoms with Crippen LogP contribution >= 0.6 is 0 Å². The van der Waals surface area contributed by atoms with Gasteiger partial charge in [0.05, 0.1) is 0 Å². The van der Waals surface area contributed by atoms with Crippen LogP contribution in [-0.2, 0) is 28.6 Å². The summed E-state index contributed by atoms with van der Waals surface area (Å²) in [4.78, 5) is 38.3. The van der Waals surface area contributed by atoms with Crippen LogP contribution in [0.3, 0.4) is 0 Å². The first-order chi connectivity index (χ1) is 37.5. The molecule has 0 fully saturated rings. The molecular weight excluding hydrogens is 937 g/mol. The Kier molecular flexibility index (Phi) is 60.8. The Morgan fingerprint density at radius 1 is 0.276 bits per heavy atom. The van der Waals surface area contributed by atoms with Gasteiger partial charge in [0, 0.05) is 19.3 Å². The summed E-state index contributed by atoms with van der Waals surface area (Å²) in [6, 6.07) is 0. The van der Waals surface area contributed by atoms with Crippen molar-refractivity contribution in [1.29, 1.82) is 0 Å². The molecule has 0 aliphatic rings. The summed E-state index contributed by atoms with van der Waals surface area (Å²) >= 11 is 0. The van der Waals surface area contributed by atoms with Gasteiger partial charge in [0.25, 0.3) is 0 Å². The molecule has 0 aromatic rings. The maximum Gasteiger partial charge on any atom is 0.306 e. The zero-order valence-electron chi connectivity index (χ0n) is 50.0. The molecule has 0 heterocycles. The summed E-state index contributed by atoms with van der Waals surface area (Å²) in [6.45, 7) is 6.50. The number of ether oxygens (including phenoxy) is 3. The Morgan fingerprint density at radius 2 is 0.513 bits per heavy atom. The van der Waals surface area contributed by atoms with Gasteiger partial charge in [-0.05, 0) is 122 Å². The molecule has 0 saturated heterocycles. The van der Waals surface area contributed by atoms with Gasteiger partial charge in [-0.15, -0.1) is 0 Å². The lowest BCUT2D eigenvalue weighted by atomic mass is 10.1. The van der Waals surface area contributed by atoms with E-state index >= 15 is 0 Å². The van der Waals surface area contributed by atoms with Gasteiger partial charge in [-0.1, -0.05) is 266 Å². The molecule has 76 heavy (non-hydrogen) atoms. The van der Waals surface area contributed by atoms with E-state index in [4.69, 9.17) is 14.2 Å². The summed E-state index contributed by atoms with van der Waals surface area (Å²) in [5.41, 5.74) is 0. The van der Waals surface area contributed by atoms with Crippen molar-refractivity contribution >= 4 is 17.9 Å². The standard InChI is InChI=1S/C70H120O6/c1-4-7-10-13-16-19-22-25-27-29-31-33-34-35-36-38-39-41-43-45-48-51-54-57-60-63-69(72)75-66-67(65-74-68(71)62-59-56-53-50-47-24-21-18-15-12-9-6-3)76-70(73)64-61-58-55-52-49-46-44-42-40-37-32-30-28-26-23-20-17-14-11-8-5-2/h8,11,17-18,20-22,25-26,28-29,31-32,34-35,37,67H,4-7,9-10,12-16,19,23-24,27,30,33,36,38-66H2,1-3H3/b11-8-,20-17-,21-18-,25-22-,28-26-,31-29-,35-34-,37-32-. The second-order valence-electron chi connectivity index (χ2n) is 21.3. The highest BCUT2D eigenvalue weighted by atomic mass is 16.6. The molecule has 1 unspecified atom stereocenters. The van der Waals surface area contributed by atoms with Gasteiger partial charge in [0.1, 0.15) is 13.2 Å². The van der Waals surface area contributed by atoms with Crippen molar-refractivity contribution in [2.24, 2.45) is 0 Å². The van der Waals surface area contributed by atoms with Crippen molar-refractivity contribution in [2.75, 3.05) is 13.2 Å². The topological polar surface area (TPSA) is 78.9 Å². The molecule has 0 aromatic carbocycles. The molecule has 0 radical (unpaired) electrons. The van der Waals surface area contributed by atoms with Gasteiger partial charge in [0.15, 0.2) is 6.10 Å². The van der Waals surface area contributed by atoms with Crippen molar-refractivity contribution in [3.05, 3.63) is 97.2 Å². The van der Waals surface area contributed by atoms with Gasteiger partial charge >= 0.3 is 17.9 Å². The van der Waals surface area contributed by atoms with Crippen LogP contribution in [-0.4, -0.2) is 37.2 Å². The Bertz CT molecular complexity index is 1490. The molecule has 436 valence electrons.